The minimum Gasteiger partial charge on any atom is -0.462 e. The third kappa shape index (κ3) is 4.79. The van der Waals surface area contributed by atoms with Gasteiger partial charge in [0, 0.05) is 18.2 Å². The zero-order valence-electron chi connectivity index (χ0n) is 16.9. The van der Waals surface area contributed by atoms with Gasteiger partial charge in [-0.05, 0) is 59.1 Å². The van der Waals surface area contributed by atoms with Gasteiger partial charge in [0.2, 0.25) is 0 Å². The van der Waals surface area contributed by atoms with Crippen molar-refractivity contribution >= 4 is 17.7 Å². The number of nitrogens with one attached hydrogen (secondary N) is 1. The van der Waals surface area contributed by atoms with Gasteiger partial charge in [0.05, 0.1) is 12.2 Å². The SMILES string of the molecule is CCOC(=O)c1ccn2c([C@H]3CCC[C@@H](NC(=O)OC(C)(C)C)C3)nnc2c1. The number of carbonyl (C=O) groups is 2. The van der Waals surface area contributed by atoms with E-state index in [4.69, 9.17) is 9.47 Å². The molecule has 1 N–H and O–H groups in total. The Labute approximate surface area is 164 Å². The van der Waals surface area contributed by atoms with Gasteiger partial charge in [0.1, 0.15) is 11.4 Å². The number of alkyl carbamates (subject to hydrolysis) is 1. The Morgan fingerprint density at radius 3 is 2.79 bits per heavy atom. The summed E-state index contributed by atoms with van der Waals surface area (Å²) in [6, 6.07) is 3.45. The van der Waals surface area contributed by atoms with Crippen molar-refractivity contribution in [1.29, 1.82) is 0 Å². The fourth-order valence-electron chi connectivity index (χ4n) is 3.56. The number of hydrogen-bond donors (Lipinski definition) is 1. The first-order valence-corrected chi connectivity index (χ1v) is 9.78. The summed E-state index contributed by atoms with van der Waals surface area (Å²) in [6.07, 6.45) is 5.08. The molecule has 0 aromatic carbocycles. The highest BCUT2D eigenvalue weighted by atomic mass is 16.6. The van der Waals surface area contributed by atoms with E-state index in [0.29, 0.717) is 17.8 Å². The van der Waals surface area contributed by atoms with E-state index in [1.54, 1.807) is 19.1 Å². The van der Waals surface area contributed by atoms with Gasteiger partial charge >= 0.3 is 12.1 Å². The lowest BCUT2D eigenvalue weighted by molar-refractivity contribution is 0.0487. The van der Waals surface area contributed by atoms with E-state index < -0.39 is 5.60 Å². The quantitative estimate of drug-likeness (QED) is 0.806. The largest absolute Gasteiger partial charge is 0.462 e. The summed E-state index contributed by atoms with van der Waals surface area (Å²) in [4.78, 5) is 24.0. The van der Waals surface area contributed by atoms with Crippen molar-refractivity contribution in [3.05, 3.63) is 29.7 Å². The molecule has 3 rings (SSSR count). The van der Waals surface area contributed by atoms with Crippen LogP contribution in [0.25, 0.3) is 5.65 Å². The van der Waals surface area contributed by atoms with Crippen LogP contribution in [-0.2, 0) is 9.47 Å². The minimum absolute atomic E-state index is 0.0414. The second-order valence-corrected chi connectivity index (χ2v) is 8.13. The molecule has 2 aromatic heterocycles. The van der Waals surface area contributed by atoms with Crippen LogP contribution in [0, 0.1) is 0 Å². The molecule has 1 aliphatic carbocycles. The lowest BCUT2D eigenvalue weighted by Crippen LogP contribution is -2.41. The molecular formula is C20H28N4O4. The number of esters is 1. The van der Waals surface area contributed by atoms with Crippen LogP contribution in [-0.4, -0.2) is 44.9 Å². The molecule has 1 amide bonds. The Bertz CT molecular complexity index is 855. The number of pyridine rings is 1. The molecule has 2 aromatic rings. The minimum atomic E-state index is -0.516. The molecule has 1 aliphatic rings. The first-order chi connectivity index (χ1) is 13.3. The zero-order valence-corrected chi connectivity index (χ0v) is 16.9. The summed E-state index contributed by atoms with van der Waals surface area (Å²) >= 11 is 0. The van der Waals surface area contributed by atoms with Gasteiger partial charge in [-0.3, -0.25) is 4.40 Å². The van der Waals surface area contributed by atoms with Crippen LogP contribution in [0.5, 0.6) is 0 Å². The van der Waals surface area contributed by atoms with Gasteiger partial charge in [-0.2, -0.15) is 0 Å². The summed E-state index contributed by atoms with van der Waals surface area (Å²) in [5.41, 5.74) is 0.557. The fourth-order valence-corrected chi connectivity index (χ4v) is 3.56. The Hall–Kier alpha value is -2.64. The Balaban J connectivity index is 1.71. The molecule has 2 heterocycles. The summed E-state index contributed by atoms with van der Waals surface area (Å²) in [5.74, 6) is 0.659. The van der Waals surface area contributed by atoms with Crippen molar-refractivity contribution in [3.63, 3.8) is 0 Å². The highest BCUT2D eigenvalue weighted by Crippen LogP contribution is 2.32. The summed E-state index contributed by atoms with van der Waals surface area (Å²) in [7, 11) is 0. The molecule has 1 saturated carbocycles. The van der Waals surface area contributed by atoms with E-state index in [1.165, 1.54) is 0 Å². The van der Waals surface area contributed by atoms with Crippen molar-refractivity contribution in [3.8, 4) is 0 Å². The van der Waals surface area contributed by atoms with Crippen LogP contribution in [0.15, 0.2) is 18.3 Å². The van der Waals surface area contributed by atoms with Gasteiger partial charge in [-0.25, -0.2) is 9.59 Å². The van der Waals surface area contributed by atoms with Gasteiger partial charge in [-0.15, -0.1) is 10.2 Å². The number of carbonyl (C=O) groups excluding carboxylic acids is 2. The van der Waals surface area contributed by atoms with Gasteiger partial charge < -0.3 is 14.8 Å². The first-order valence-electron chi connectivity index (χ1n) is 9.78. The second-order valence-electron chi connectivity index (χ2n) is 8.13. The van der Waals surface area contributed by atoms with E-state index in [9.17, 15) is 9.59 Å². The van der Waals surface area contributed by atoms with Crippen molar-refractivity contribution in [1.82, 2.24) is 19.9 Å². The fraction of sp³-hybridized carbons (Fsp3) is 0.600. The Morgan fingerprint density at radius 2 is 2.07 bits per heavy atom. The third-order valence-electron chi connectivity index (χ3n) is 4.71. The zero-order chi connectivity index (χ0) is 20.3. The van der Waals surface area contributed by atoms with Crippen LogP contribution in [0.4, 0.5) is 4.79 Å². The summed E-state index contributed by atoms with van der Waals surface area (Å²) in [5, 5.41) is 11.6. The standard InChI is InChI=1S/C20H28N4O4/c1-5-27-18(25)14-9-10-24-16(12-14)22-23-17(24)13-7-6-8-15(11-13)21-19(26)28-20(2,3)4/h9-10,12-13,15H,5-8,11H2,1-4H3,(H,21,26)/t13-,15+/m0/s1. The normalized spacial score (nSPS) is 20.0. The molecule has 2 atom stereocenters. The number of ether oxygens (including phenoxy) is 2. The van der Waals surface area contributed by atoms with Gasteiger partial charge in [0.15, 0.2) is 5.65 Å². The maximum Gasteiger partial charge on any atom is 0.407 e. The smallest absolute Gasteiger partial charge is 0.407 e. The Kier molecular flexibility index (Phi) is 5.86. The van der Waals surface area contributed by atoms with Crippen molar-refractivity contribution in [2.45, 2.75) is 70.9 Å². The van der Waals surface area contributed by atoms with Crippen molar-refractivity contribution in [2.24, 2.45) is 0 Å². The first kappa shape index (κ1) is 20.1. The molecule has 0 spiro atoms. The maximum absolute atomic E-state index is 12.1. The van der Waals surface area contributed by atoms with Gasteiger partial charge in [-0.1, -0.05) is 6.42 Å². The highest BCUT2D eigenvalue weighted by Gasteiger charge is 2.29. The van der Waals surface area contributed by atoms with Crippen LogP contribution in [0.2, 0.25) is 0 Å². The second kappa shape index (κ2) is 8.16. The number of aromatic nitrogens is 3. The van der Waals surface area contributed by atoms with E-state index >= 15 is 0 Å². The lowest BCUT2D eigenvalue weighted by atomic mass is 9.85. The highest BCUT2D eigenvalue weighted by molar-refractivity contribution is 5.90. The topological polar surface area (TPSA) is 94.8 Å². The summed E-state index contributed by atoms with van der Waals surface area (Å²) in [6.45, 7) is 7.65. The van der Waals surface area contributed by atoms with Gasteiger partial charge in [0.25, 0.3) is 0 Å². The predicted octanol–water partition coefficient (Wildman–Crippen LogP) is 3.46. The molecule has 0 saturated heterocycles. The molecule has 0 radical (unpaired) electrons. The van der Waals surface area contributed by atoms with E-state index in [-0.39, 0.29) is 24.0 Å². The van der Waals surface area contributed by atoms with E-state index in [0.717, 1.165) is 31.5 Å². The monoisotopic (exact) mass is 388 g/mol. The van der Waals surface area contributed by atoms with Crippen molar-refractivity contribution < 1.29 is 19.1 Å². The van der Waals surface area contributed by atoms with E-state index in [1.807, 2.05) is 31.4 Å². The number of amides is 1. The number of fused-ring (bicyclic) bond motifs is 1. The molecule has 28 heavy (non-hydrogen) atoms. The average Bonchev–Trinajstić information content (AvgIpc) is 3.03. The average molecular weight is 388 g/mol. The molecule has 0 aliphatic heterocycles. The molecule has 1 fully saturated rings. The molecule has 0 bridgehead atoms. The predicted molar refractivity (Wildman–Crippen MR) is 103 cm³/mol. The van der Waals surface area contributed by atoms with Crippen molar-refractivity contribution in [2.75, 3.05) is 6.61 Å². The van der Waals surface area contributed by atoms with Crippen LogP contribution in [0.1, 0.15) is 75.5 Å². The molecule has 0 unspecified atom stereocenters. The molecule has 8 nitrogen and oxygen atoms in total. The van der Waals surface area contributed by atoms with Crippen LogP contribution >= 0.6 is 0 Å². The third-order valence-corrected chi connectivity index (χ3v) is 4.71. The molecule has 8 heteroatoms. The number of nitrogens with zero attached hydrogens (tertiary/aromatic N) is 3. The molecule has 152 valence electrons. The van der Waals surface area contributed by atoms with Crippen LogP contribution in [0.3, 0.4) is 0 Å². The number of rotatable bonds is 4. The summed E-state index contributed by atoms with van der Waals surface area (Å²) < 4.78 is 12.3. The Morgan fingerprint density at radius 1 is 1.29 bits per heavy atom. The molecular weight excluding hydrogens is 360 g/mol. The van der Waals surface area contributed by atoms with E-state index in [2.05, 4.69) is 15.5 Å². The number of hydrogen-bond acceptors (Lipinski definition) is 6. The lowest BCUT2D eigenvalue weighted by Gasteiger charge is -2.29. The maximum atomic E-state index is 12.1. The van der Waals surface area contributed by atoms with Crippen LogP contribution < -0.4 is 5.32 Å².